The van der Waals surface area contributed by atoms with Gasteiger partial charge in [-0.25, -0.2) is 13.1 Å². The lowest BCUT2D eigenvalue weighted by Gasteiger charge is -2.34. The summed E-state index contributed by atoms with van der Waals surface area (Å²) in [4.78, 5) is 0. The summed E-state index contributed by atoms with van der Waals surface area (Å²) in [5.74, 6) is 0.250. The van der Waals surface area contributed by atoms with E-state index >= 15 is 0 Å². The summed E-state index contributed by atoms with van der Waals surface area (Å²) >= 11 is 0. The van der Waals surface area contributed by atoms with E-state index in [0.29, 0.717) is 0 Å². The Morgan fingerprint density at radius 2 is 1.94 bits per heavy atom. The van der Waals surface area contributed by atoms with E-state index in [9.17, 15) is 8.42 Å². The molecule has 1 aliphatic carbocycles. The van der Waals surface area contributed by atoms with Crippen molar-refractivity contribution >= 4 is 10.0 Å². The Hall–Kier alpha value is -0.130. The van der Waals surface area contributed by atoms with Gasteiger partial charge in [0.15, 0.2) is 0 Å². The maximum absolute atomic E-state index is 11.7. The lowest BCUT2D eigenvalue weighted by Crippen LogP contribution is -2.46. The van der Waals surface area contributed by atoms with E-state index in [0.717, 1.165) is 38.5 Å². The first-order valence-electron chi connectivity index (χ1n) is 6.13. The van der Waals surface area contributed by atoms with Gasteiger partial charge >= 0.3 is 0 Å². The van der Waals surface area contributed by atoms with Gasteiger partial charge in [0.2, 0.25) is 10.0 Å². The van der Waals surface area contributed by atoms with E-state index in [-0.39, 0.29) is 17.3 Å². The van der Waals surface area contributed by atoms with Gasteiger partial charge in [-0.05, 0) is 39.0 Å². The van der Waals surface area contributed by atoms with Crippen LogP contribution in [0.5, 0.6) is 0 Å². The predicted octanol–water partition coefficient (Wildman–Crippen LogP) is 1.37. The molecule has 0 bridgehead atoms. The molecule has 0 aromatic heterocycles. The number of hydrogen-bond donors (Lipinski definition) is 2. The molecule has 0 aromatic rings. The molecule has 1 rings (SSSR count). The third-order valence-corrected chi connectivity index (χ3v) is 4.76. The highest BCUT2D eigenvalue weighted by atomic mass is 32.2. The Balaban J connectivity index is 2.38. The van der Waals surface area contributed by atoms with Crippen LogP contribution in [0.4, 0.5) is 0 Å². The summed E-state index contributed by atoms with van der Waals surface area (Å²) < 4.78 is 26.1. The zero-order valence-corrected chi connectivity index (χ0v) is 11.1. The first kappa shape index (κ1) is 13.9. The van der Waals surface area contributed by atoms with E-state index in [1.807, 2.05) is 13.8 Å². The fourth-order valence-electron chi connectivity index (χ4n) is 2.04. The number of rotatable bonds is 5. The highest BCUT2D eigenvalue weighted by Gasteiger charge is 2.29. The number of unbranched alkanes of at least 4 members (excludes halogenated alkanes) is 1. The van der Waals surface area contributed by atoms with Crippen molar-refractivity contribution in [1.82, 2.24) is 4.72 Å². The molecule has 0 spiro atoms. The van der Waals surface area contributed by atoms with Crippen LogP contribution in [-0.2, 0) is 10.0 Å². The van der Waals surface area contributed by atoms with Crippen LogP contribution in [0.1, 0.15) is 52.4 Å². The minimum absolute atomic E-state index is 0.0958. The highest BCUT2D eigenvalue weighted by Crippen LogP contribution is 2.25. The topological polar surface area (TPSA) is 72.2 Å². The Bertz CT molecular complexity index is 302. The summed E-state index contributed by atoms with van der Waals surface area (Å²) in [5.41, 5.74) is 5.90. The van der Waals surface area contributed by atoms with Crippen molar-refractivity contribution < 1.29 is 8.42 Å². The molecule has 5 heteroatoms. The van der Waals surface area contributed by atoms with Gasteiger partial charge in [0.05, 0.1) is 5.75 Å². The third kappa shape index (κ3) is 4.80. The molecule has 1 fully saturated rings. The Morgan fingerprint density at radius 1 is 1.38 bits per heavy atom. The van der Waals surface area contributed by atoms with Crippen molar-refractivity contribution in [3.05, 3.63) is 0 Å². The van der Waals surface area contributed by atoms with Gasteiger partial charge in [-0.3, -0.25) is 0 Å². The summed E-state index contributed by atoms with van der Waals surface area (Å²) in [6.07, 6.45) is 5.15. The van der Waals surface area contributed by atoms with Gasteiger partial charge in [-0.15, -0.1) is 0 Å². The molecule has 4 nitrogen and oxygen atoms in total. The lowest BCUT2D eigenvalue weighted by molar-refractivity contribution is 0.285. The van der Waals surface area contributed by atoms with E-state index in [4.69, 9.17) is 5.73 Å². The van der Waals surface area contributed by atoms with Crippen molar-refractivity contribution in [3.8, 4) is 0 Å². The maximum atomic E-state index is 11.7. The summed E-state index contributed by atoms with van der Waals surface area (Å²) in [6.45, 7) is 4.03. The van der Waals surface area contributed by atoms with E-state index < -0.39 is 10.0 Å². The number of hydrogen-bond acceptors (Lipinski definition) is 3. The van der Waals surface area contributed by atoms with Crippen molar-refractivity contribution in [2.24, 2.45) is 5.73 Å². The molecule has 0 aromatic carbocycles. The highest BCUT2D eigenvalue weighted by molar-refractivity contribution is 7.89. The van der Waals surface area contributed by atoms with Crippen LogP contribution < -0.4 is 10.5 Å². The molecular weight excluding hydrogens is 224 g/mol. The average molecular weight is 248 g/mol. The molecule has 0 heterocycles. The smallest absolute Gasteiger partial charge is 0.211 e. The van der Waals surface area contributed by atoms with Gasteiger partial charge < -0.3 is 5.73 Å². The average Bonchev–Trinajstić information content (AvgIpc) is 2.18. The molecule has 1 aliphatic rings. The SMILES string of the molecule is CCCCS(=O)(=O)NC1CCC(C)(N)CC1. The van der Waals surface area contributed by atoms with E-state index in [1.165, 1.54) is 0 Å². The maximum Gasteiger partial charge on any atom is 0.211 e. The van der Waals surface area contributed by atoms with Crippen molar-refractivity contribution in [2.75, 3.05) is 5.75 Å². The molecule has 3 N–H and O–H groups in total. The number of nitrogens with two attached hydrogens (primary N) is 1. The number of nitrogens with one attached hydrogen (secondary N) is 1. The standard InChI is InChI=1S/C11H24N2O2S/c1-3-4-9-16(14,15)13-10-5-7-11(2,12)8-6-10/h10,13H,3-9,12H2,1-2H3. The lowest BCUT2D eigenvalue weighted by atomic mass is 9.82. The van der Waals surface area contributed by atoms with Gasteiger partial charge in [0, 0.05) is 11.6 Å². The van der Waals surface area contributed by atoms with Gasteiger partial charge in [-0.2, -0.15) is 0 Å². The largest absolute Gasteiger partial charge is 0.325 e. The fraction of sp³-hybridized carbons (Fsp3) is 1.00. The first-order valence-corrected chi connectivity index (χ1v) is 7.79. The van der Waals surface area contributed by atoms with Gasteiger partial charge in [0.25, 0.3) is 0 Å². The Kier molecular flexibility index (Phi) is 4.76. The Morgan fingerprint density at radius 3 is 2.44 bits per heavy atom. The summed E-state index contributed by atoms with van der Waals surface area (Å²) in [6, 6.07) is 0.0958. The van der Waals surface area contributed by atoms with Crippen LogP contribution in [0.15, 0.2) is 0 Å². The third-order valence-electron chi connectivity index (χ3n) is 3.24. The molecule has 0 radical (unpaired) electrons. The molecule has 96 valence electrons. The van der Waals surface area contributed by atoms with Crippen LogP contribution in [0.2, 0.25) is 0 Å². The summed E-state index contributed by atoms with van der Waals surface area (Å²) in [5, 5.41) is 0. The minimum atomic E-state index is -3.07. The molecule has 16 heavy (non-hydrogen) atoms. The zero-order valence-electron chi connectivity index (χ0n) is 10.3. The van der Waals surface area contributed by atoms with Crippen molar-refractivity contribution in [2.45, 2.75) is 64.0 Å². The molecule has 0 amide bonds. The first-order chi connectivity index (χ1) is 7.35. The van der Waals surface area contributed by atoms with Crippen LogP contribution >= 0.6 is 0 Å². The second-order valence-electron chi connectivity index (χ2n) is 5.22. The molecule has 0 saturated heterocycles. The molecule has 1 saturated carbocycles. The zero-order chi connectivity index (χ0) is 12.2. The van der Waals surface area contributed by atoms with E-state index in [1.54, 1.807) is 0 Å². The van der Waals surface area contributed by atoms with Gasteiger partial charge in [-0.1, -0.05) is 13.3 Å². The number of sulfonamides is 1. The van der Waals surface area contributed by atoms with Crippen LogP contribution in [0, 0.1) is 0 Å². The quantitative estimate of drug-likeness (QED) is 0.771. The molecule has 0 unspecified atom stereocenters. The predicted molar refractivity (Wildman–Crippen MR) is 66.7 cm³/mol. The molecular formula is C11H24N2O2S. The van der Waals surface area contributed by atoms with E-state index in [2.05, 4.69) is 4.72 Å². The van der Waals surface area contributed by atoms with Crippen LogP contribution in [0.25, 0.3) is 0 Å². The second kappa shape index (κ2) is 5.47. The molecule has 0 aliphatic heterocycles. The monoisotopic (exact) mass is 248 g/mol. The van der Waals surface area contributed by atoms with Crippen LogP contribution in [0.3, 0.4) is 0 Å². The normalized spacial score (nSPS) is 31.6. The van der Waals surface area contributed by atoms with Crippen molar-refractivity contribution in [3.63, 3.8) is 0 Å². The Labute approximate surface area is 99.0 Å². The second-order valence-corrected chi connectivity index (χ2v) is 7.09. The summed E-state index contributed by atoms with van der Waals surface area (Å²) in [7, 11) is -3.07. The van der Waals surface area contributed by atoms with Gasteiger partial charge in [0.1, 0.15) is 0 Å². The van der Waals surface area contributed by atoms with Crippen molar-refractivity contribution in [1.29, 1.82) is 0 Å². The fourth-order valence-corrected chi connectivity index (χ4v) is 3.57. The van der Waals surface area contributed by atoms with Crippen LogP contribution in [-0.4, -0.2) is 25.8 Å². The minimum Gasteiger partial charge on any atom is -0.325 e. The molecule has 0 atom stereocenters.